The van der Waals surface area contributed by atoms with Crippen LogP contribution in [0.15, 0.2) is 72.9 Å². The molecule has 464 valence electrons. The van der Waals surface area contributed by atoms with Gasteiger partial charge in [-0.3, -0.25) is 14.4 Å². The summed E-state index contributed by atoms with van der Waals surface area (Å²) < 4.78 is 16.9. The normalized spacial score (nSPS) is 12.5. The van der Waals surface area contributed by atoms with Gasteiger partial charge in [0, 0.05) is 19.3 Å². The maximum atomic E-state index is 12.9. The van der Waals surface area contributed by atoms with E-state index in [4.69, 9.17) is 14.2 Å². The molecule has 0 aromatic rings. The summed E-state index contributed by atoms with van der Waals surface area (Å²) in [6, 6.07) is 0. The molecule has 0 aromatic carbocycles. The van der Waals surface area contributed by atoms with Crippen molar-refractivity contribution in [3.8, 4) is 0 Å². The zero-order chi connectivity index (χ0) is 57.8. The predicted molar refractivity (Wildman–Crippen MR) is 348 cm³/mol. The summed E-state index contributed by atoms with van der Waals surface area (Å²) in [5, 5.41) is 0. The molecule has 0 fully saturated rings. The molecule has 6 heteroatoms. The van der Waals surface area contributed by atoms with Crippen molar-refractivity contribution in [1.29, 1.82) is 0 Å². The molecule has 0 aliphatic carbocycles. The number of ether oxygens (including phenoxy) is 3. The van der Waals surface area contributed by atoms with Crippen molar-refractivity contribution in [3.63, 3.8) is 0 Å². The lowest BCUT2D eigenvalue weighted by atomic mass is 10.0. The zero-order valence-electron chi connectivity index (χ0n) is 53.3. The summed E-state index contributed by atoms with van der Waals surface area (Å²) in [7, 11) is 0. The molecule has 0 heterocycles. The van der Waals surface area contributed by atoms with Crippen LogP contribution < -0.4 is 0 Å². The Hall–Kier alpha value is -3.15. The molecule has 0 aliphatic heterocycles. The maximum absolute atomic E-state index is 12.9. The largest absolute Gasteiger partial charge is 0.462 e. The molecule has 0 saturated carbocycles. The Bertz CT molecular complexity index is 1470. The van der Waals surface area contributed by atoms with Gasteiger partial charge in [-0.25, -0.2) is 0 Å². The highest BCUT2D eigenvalue weighted by Gasteiger charge is 2.19. The van der Waals surface area contributed by atoms with Crippen LogP contribution in [0.25, 0.3) is 0 Å². The van der Waals surface area contributed by atoms with Crippen molar-refractivity contribution in [2.24, 2.45) is 0 Å². The molecule has 0 bridgehead atoms. The minimum Gasteiger partial charge on any atom is -0.462 e. The fourth-order valence-corrected chi connectivity index (χ4v) is 10.2. The van der Waals surface area contributed by atoms with E-state index in [1.165, 1.54) is 225 Å². The van der Waals surface area contributed by atoms with E-state index in [9.17, 15) is 14.4 Å². The van der Waals surface area contributed by atoms with Gasteiger partial charge in [0.25, 0.3) is 0 Å². The van der Waals surface area contributed by atoms with Gasteiger partial charge in [-0.1, -0.05) is 325 Å². The zero-order valence-corrected chi connectivity index (χ0v) is 53.3. The van der Waals surface area contributed by atoms with Gasteiger partial charge >= 0.3 is 17.9 Å². The van der Waals surface area contributed by atoms with Crippen LogP contribution in [0.1, 0.15) is 361 Å². The second-order valence-corrected chi connectivity index (χ2v) is 23.4. The van der Waals surface area contributed by atoms with Crippen LogP contribution >= 0.6 is 0 Å². The third-order valence-electron chi connectivity index (χ3n) is 15.4. The molecule has 6 nitrogen and oxygen atoms in total. The second-order valence-electron chi connectivity index (χ2n) is 23.4. The summed E-state index contributed by atoms with van der Waals surface area (Å²) in [6.45, 7) is 6.54. The van der Waals surface area contributed by atoms with E-state index < -0.39 is 6.10 Å². The molecular formula is C74H132O6. The van der Waals surface area contributed by atoms with Gasteiger partial charge in [-0.15, -0.1) is 0 Å². The van der Waals surface area contributed by atoms with Crippen LogP contribution in [-0.4, -0.2) is 37.2 Å². The number of allylic oxidation sites excluding steroid dienone is 12. The molecule has 0 aliphatic rings. The van der Waals surface area contributed by atoms with Crippen LogP contribution in [-0.2, 0) is 28.6 Å². The Morgan fingerprint density at radius 1 is 0.263 bits per heavy atom. The average Bonchev–Trinajstić information content (AvgIpc) is 3.46. The molecule has 0 saturated heterocycles. The highest BCUT2D eigenvalue weighted by Crippen LogP contribution is 2.18. The number of rotatable bonds is 64. The first-order chi connectivity index (χ1) is 39.5. The molecule has 0 amide bonds. The first kappa shape index (κ1) is 76.9. The lowest BCUT2D eigenvalue weighted by Gasteiger charge is -2.18. The highest BCUT2D eigenvalue weighted by atomic mass is 16.6. The third-order valence-corrected chi connectivity index (χ3v) is 15.4. The van der Waals surface area contributed by atoms with Gasteiger partial charge in [0.1, 0.15) is 13.2 Å². The minimum atomic E-state index is -0.774. The second kappa shape index (κ2) is 68.3. The first-order valence-corrected chi connectivity index (χ1v) is 34.9. The smallest absolute Gasteiger partial charge is 0.306 e. The summed E-state index contributed by atoms with van der Waals surface area (Å²) >= 11 is 0. The Morgan fingerprint density at radius 3 is 0.800 bits per heavy atom. The quantitative estimate of drug-likeness (QED) is 0.0261. The standard InChI is InChI=1S/C74H132O6/c1-4-7-10-13-16-19-22-25-27-28-29-30-31-32-33-34-35-36-37-38-39-40-41-42-43-44-45-46-48-49-52-55-58-61-64-67-73(76)79-70-71(69-78-72(75)66-63-60-57-54-51-24-21-18-15-12-9-6-3)80-74(77)68-65-62-59-56-53-50-47-26-23-20-17-14-11-8-5-2/h7,10,16,18-19,21,25,27,29-30,32-33,71H,4-6,8-9,11-15,17,20,22-24,26,28,31,34-70H2,1-3H3/b10-7-,19-16-,21-18-,27-25-,30-29-,33-32-. The van der Waals surface area contributed by atoms with E-state index in [0.717, 1.165) is 96.3 Å². The predicted octanol–water partition coefficient (Wildman–Crippen LogP) is 24.1. The Kier molecular flexibility index (Phi) is 65.7. The van der Waals surface area contributed by atoms with E-state index >= 15 is 0 Å². The Morgan fingerprint density at radius 2 is 0.487 bits per heavy atom. The number of hydrogen-bond acceptors (Lipinski definition) is 6. The van der Waals surface area contributed by atoms with Gasteiger partial charge in [-0.2, -0.15) is 0 Å². The molecule has 0 rings (SSSR count). The van der Waals surface area contributed by atoms with Gasteiger partial charge in [-0.05, 0) is 89.9 Å². The van der Waals surface area contributed by atoms with E-state index in [2.05, 4.69) is 93.7 Å². The Labute approximate surface area is 497 Å². The molecule has 80 heavy (non-hydrogen) atoms. The third kappa shape index (κ3) is 65.7. The van der Waals surface area contributed by atoms with Gasteiger partial charge in [0.2, 0.25) is 0 Å². The fourth-order valence-electron chi connectivity index (χ4n) is 10.2. The lowest BCUT2D eigenvalue weighted by Crippen LogP contribution is -2.30. The molecule has 0 radical (unpaired) electrons. The van der Waals surface area contributed by atoms with Crippen molar-refractivity contribution >= 4 is 17.9 Å². The van der Waals surface area contributed by atoms with Crippen molar-refractivity contribution in [2.45, 2.75) is 367 Å². The summed E-state index contributed by atoms with van der Waals surface area (Å²) in [5.74, 6) is -0.859. The number of hydrogen-bond donors (Lipinski definition) is 0. The number of carbonyl (C=O) groups excluding carboxylic acids is 3. The monoisotopic (exact) mass is 1120 g/mol. The number of carbonyl (C=O) groups is 3. The maximum Gasteiger partial charge on any atom is 0.306 e. The van der Waals surface area contributed by atoms with Gasteiger partial charge in [0.05, 0.1) is 0 Å². The van der Waals surface area contributed by atoms with Crippen LogP contribution in [0.2, 0.25) is 0 Å². The SMILES string of the molecule is CC/C=C\C/C=C\C/C=C\C/C=C\C/C=C\CCCCCCCCCCCCCCCCCCCCCC(=O)OCC(COC(=O)CCCCCCC/C=C\CCCCC)OC(=O)CCCCCCCCCCCCCCCCC. The van der Waals surface area contributed by atoms with Crippen LogP contribution in [0.4, 0.5) is 0 Å². The van der Waals surface area contributed by atoms with Crippen molar-refractivity contribution in [2.75, 3.05) is 13.2 Å². The molecule has 0 N–H and O–H groups in total. The molecule has 1 atom stereocenters. The van der Waals surface area contributed by atoms with Crippen molar-refractivity contribution < 1.29 is 28.6 Å². The van der Waals surface area contributed by atoms with E-state index in [0.29, 0.717) is 19.3 Å². The lowest BCUT2D eigenvalue weighted by molar-refractivity contribution is -0.167. The first-order valence-electron chi connectivity index (χ1n) is 34.9. The van der Waals surface area contributed by atoms with Gasteiger partial charge < -0.3 is 14.2 Å². The molecule has 1 unspecified atom stereocenters. The Balaban J connectivity index is 4.07. The summed E-state index contributed by atoms with van der Waals surface area (Å²) in [5.41, 5.74) is 0. The van der Waals surface area contributed by atoms with Crippen LogP contribution in [0.5, 0.6) is 0 Å². The number of esters is 3. The van der Waals surface area contributed by atoms with Gasteiger partial charge in [0.15, 0.2) is 6.10 Å². The van der Waals surface area contributed by atoms with Crippen LogP contribution in [0, 0.1) is 0 Å². The minimum absolute atomic E-state index is 0.0714. The fraction of sp³-hybridized carbons (Fsp3) is 0.797. The molecule has 0 spiro atoms. The topological polar surface area (TPSA) is 78.9 Å². The van der Waals surface area contributed by atoms with E-state index in [1.807, 2.05) is 0 Å². The van der Waals surface area contributed by atoms with E-state index in [1.54, 1.807) is 0 Å². The molecular weight excluding hydrogens is 985 g/mol. The highest BCUT2D eigenvalue weighted by molar-refractivity contribution is 5.71. The van der Waals surface area contributed by atoms with E-state index in [-0.39, 0.29) is 31.1 Å². The van der Waals surface area contributed by atoms with Crippen LogP contribution in [0.3, 0.4) is 0 Å². The van der Waals surface area contributed by atoms with Crippen molar-refractivity contribution in [1.82, 2.24) is 0 Å². The number of unbranched alkanes of at least 4 members (excludes halogenated alkanes) is 41. The summed E-state index contributed by atoms with van der Waals surface area (Å²) in [6.07, 6.45) is 89.4. The molecule has 0 aromatic heterocycles. The summed E-state index contributed by atoms with van der Waals surface area (Å²) in [4.78, 5) is 38.3. The van der Waals surface area contributed by atoms with Crippen molar-refractivity contribution in [3.05, 3.63) is 72.9 Å². The average molecular weight is 1120 g/mol.